The highest BCUT2D eigenvalue weighted by molar-refractivity contribution is 5.39. The fraction of sp³-hybridized carbons (Fsp3) is 0.688. The van der Waals surface area contributed by atoms with E-state index in [0.717, 1.165) is 29.8 Å². The summed E-state index contributed by atoms with van der Waals surface area (Å²) < 4.78 is 10.9. The normalized spacial score (nSPS) is 12.2. The molecule has 0 amide bonds. The number of unbranched alkanes of at least 4 members (excludes halogenated alkanes) is 3. The van der Waals surface area contributed by atoms with Crippen molar-refractivity contribution in [3.8, 4) is 11.6 Å². The first-order valence-corrected chi connectivity index (χ1v) is 7.48. The summed E-state index contributed by atoms with van der Waals surface area (Å²) in [5.74, 6) is 1.52. The van der Waals surface area contributed by atoms with Gasteiger partial charge < -0.3 is 15.2 Å². The van der Waals surface area contributed by atoms with Gasteiger partial charge in [0.2, 0.25) is 5.88 Å². The number of methoxy groups -OCH3 is 2. The summed E-state index contributed by atoms with van der Waals surface area (Å²) in [6.45, 7) is 4.18. The van der Waals surface area contributed by atoms with E-state index < -0.39 is 0 Å². The van der Waals surface area contributed by atoms with E-state index in [1.807, 2.05) is 6.92 Å². The van der Waals surface area contributed by atoms with Crippen molar-refractivity contribution in [1.29, 1.82) is 0 Å². The van der Waals surface area contributed by atoms with Gasteiger partial charge in [-0.25, -0.2) is 4.98 Å². The van der Waals surface area contributed by atoms with Gasteiger partial charge in [0.15, 0.2) is 0 Å². The molecule has 0 bridgehead atoms. The summed E-state index contributed by atoms with van der Waals surface area (Å²) in [7, 11) is 3.34. The molecular formula is C16H28N2O2. The van der Waals surface area contributed by atoms with Crippen LogP contribution in [0.25, 0.3) is 0 Å². The van der Waals surface area contributed by atoms with Crippen LogP contribution in [0.5, 0.6) is 11.6 Å². The number of aryl methyl sites for hydroxylation is 1. The predicted octanol–water partition coefficient (Wildman–Crippen LogP) is 3.11. The first kappa shape index (κ1) is 16.8. The zero-order chi connectivity index (χ0) is 15.0. The van der Waals surface area contributed by atoms with Crippen molar-refractivity contribution in [3.63, 3.8) is 0 Å². The van der Waals surface area contributed by atoms with E-state index in [1.54, 1.807) is 14.2 Å². The third-order valence-corrected chi connectivity index (χ3v) is 3.33. The van der Waals surface area contributed by atoms with Gasteiger partial charge in [-0.1, -0.05) is 26.2 Å². The summed E-state index contributed by atoms with van der Waals surface area (Å²) in [4.78, 5) is 4.57. The first-order chi connectivity index (χ1) is 9.62. The molecule has 1 heterocycles. The maximum atomic E-state index is 5.85. The highest BCUT2D eigenvalue weighted by Gasteiger charge is 2.14. The molecule has 4 nitrogen and oxygen atoms in total. The van der Waals surface area contributed by atoms with Crippen LogP contribution in [0.1, 0.15) is 50.8 Å². The lowest BCUT2D eigenvalue weighted by atomic mass is 10.1. The van der Waals surface area contributed by atoms with Crippen LogP contribution in [0.2, 0.25) is 0 Å². The van der Waals surface area contributed by atoms with E-state index in [9.17, 15) is 0 Å². The standard InChI is InChI=1S/C16H28N2O2/c1-5-6-7-8-9-13-11-15(19-3)14(10-12(2)17)18-16(13)20-4/h11-12H,5-10,17H2,1-4H3. The zero-order valence-electron chi connectivity index (χ0n) is 13.2. The Morgan fingerprint density at radius 2 is 1.95 bits per heavy atom. The van der Waals surface area contributed by atoms with Crippen LogP contribution in [0.3, 0.4) is 0 Å². The van der Waals surface area contributed by atoms with Crippen LogP contribution in [0, 0.1) is 0 Å². The lowest BCUT2D eigenvalue weighted by Crippen LogP contribution is -2.19. The largest absolute Gasteiger partial charge is 0.495 e. The minimum atomic E-state index is 0.0523. The molecule has 1 rings (SSSR count). The molecule has 1 aromatic heterocycles. The number of nitrogens with zero attached hydrogens (tertiary/aromatic N) is 1. The Morgan fingerprint density at radius 3 is 2.50 bits per heavy atom. The van der Waals surface area contributed by atoms with Gasteiger partial charge in [-0.15, -0.1) is 0 Å². The number of ether oxygens (including phenoxy) is 2. The van der Waals surface area contributed by atoms with E-state index in [0.29, 0.717) is 12.3 Å². The molecule has 0 saturated heterocycles. The van der Waals surface area contributed by atoms with Crippen LogP contribution in [-0.2, 0) is 12.8 Å². The van der Waals surface area contributed by atoms with E-state index in [2.05, 4.69) is 18.0 Å². The van der Waals surface area contributed by atoms with Crippen molar-refractivity contribution in [2.45, 2.75) is 58.4 Å². The van der Waals surface area contributed by atoms with E-state index >= 15 is 0 Å². The Morgan fingerprint density at radius 1 is 1.20 bits per heavy atom. The van der Waals surface area contributed by atoms with Gasteiger partial charge in [0.05, 0.1) is 19.9 Å². The van der Waals surface area contributed by atoms with Crippen molar-refractivity contribution >= 4 is 0 Å². The van der Waals surface area contributed by atoms with Crippen LogP contribution in [0.15, 0.2) is 6.07 Å². The molecule has 1 atom stereocenters. The second-order valence-electron chi connectivity index (χ2n) is 5.30. The number of hydrogen-bond acceptors (Lipinski definition) is 4. The third-order valence-electron chi connectivity index (χ3n) is 3.33. The summed E-state index contributed by atoms with van der Waals surface area (Å²) in [5.41, 5.74) is 7.85. The molecule has 0 fully saturated rings. The van der Waals surface area contributed by atoms with Crippen LogP contribution >= 0.6 is 0 Å². The summed E-state index contributed by atoms with van der Waals surface area (Å²) in [6, 6.07) is 2.10. The van der Waals surface area contributed by atoms with Crippen molar-refractivity contribution in [2.75, 3.05) is 14.2 Å². The molecule has 0 aliphatic carbocycles. The lowest BCUT2D eigenvalue weighted by molar-refractivity contribution is 0.375. The molecule has 0 aromatic carbocycles. The molecular weight excluding hydrogens is 252 g/mol. The third kappa shape index (κ3) is 5.00. The zero-order valence-corrected chi connectivity index (χ0v) is 13.2. The van der Waals surface area contributed by atoms with Gasteiger partial charge in [0.25, 0.3) is 0 Å². The Labute approximate surface area is 122 Å². The topological polar surface area (TPSA) is 57.4 Å². The van der Waals surface area contributed by atoms with Crippen molar-refractivity contribution < 1.29 is 9.47 Å². The molecule has 20 heavy (non-hydrogen) atoms. The monoisotopic (exact) mass is 280 g/mol. The molecule has 1 aromatic rings. The van der Waals surface area contributed by atoms with Gasteiger partial charge in [-0.05, 0) is 25.8 Å². The fourth-order valence-electron chi connectivity index (χ4n) is 2.28. The quantitative estimate of drug-likeness (QED) is 0.706. The second-order valence-corrected chi connectivity index (χ2v) is 5.30. The molecule has 0 radical (unpaired) electrons. The molecule has 1 unspecified atom stereocenters. The summed E-state index contributed by atoms with van der Waals surface area (Å²) in [5, 5.41) is 0. The number of pyridine rings is 1. The highest BCUT2D eigenvalue weighted by atomic mass is 16.5. The first-order valence-electron chi connectivity index (χ1n) is 7.48. The minimum Gasteiger partial charge on any atom is -0.495 e. The van der Waals surface area contributed by atoms with E-state index in [-0.39, 0.29) is 6.04 Å². The fourth-order valence-corrected chi connectivity index (χ4v) is 2.28. The highest BCUT2D eigenvalue weighted by Crippen LogP contribution is 2.27. The maximum Gasteiger partial charge on any atom is 0.216 e. The van der Waals surface area contributed by atoms with Gasteiger partial charge in [-0.2, -0.15) is 0 Å². The van der Waals surface area contributed by atoms with Gasteiger partial charge in [-0.3, -0.25) is 0 Å². The van der Waals surface area contributed by atoms with Crippen LogP contribution in [-0.4, -0.2) is 25.2 Å². The van der Waals surface area contributed by atoms with Crippen molar-refractivity contribution in [2.24, 2.45) is 5.73 Å². The van der Waals surface area contributed by atoms with Crippen molar-refractivity contribution in [1.82, 2.24) is 4.98 Å². The van der Waals surface area contributed by atoms with Gasteiger partial charge >= 0.3 is 0 Å². The average molecular weight is 280 g/mol. The van der Waals surface area contributed by atoms with Crippen LogP contribution in [0.4, 0.5) is 0 Å². The smallest absolute Gasteiger partial charge is 0.216 e. The molecule has 114 valence electrons. The number of rotatable bonds is 9. The number of aromatic nitrogens is 1. The van der Waals surface area contributed by atoms with Crippen molar-refractivity contribution in [3.05, 3.63) is 17.3 Å². The van der Waals surface area contributed by atoms with E-state index in [1.165, 1.54) is 19.3 Å². The van der Waals surface area contributed by atoms with Crippen LogP contribution < -0.4 is 15.2 Å². The second kappa shape index (κ2) is 8.80. The maximum absolute atomic E-state index is 5.85. The van der Waals surface area contributed by atoms with Gasteiger partial charge in [0, 0.05) is 18.0 Å². The Balaban J connectivity index is 2.88. The minimum absolute atomic E-state index is 0.0523. The summed E-state index contributed by atoms with van der Waals surface area (Å²) in [6.07, 6.45) is 6.58. The Hall–Kier alpha value is -1.29. The average Bonchev–Trinajstić information content (AvgIpc) is 2.43. The lowest BCUT2D eigenvalue weighted by Gasteiger charge is -2.15. The summed E-state index contributed by atoms with van der Waals surface area (Å²) >= 11 is 0. The molecule has 0 spiro atoms. The molecule has 4 heteroatoms. The number of nitrogens with two attached hydrogens (primary N) is 1. The molecule has 2 N–H and O–H groups in total. The number of hydrogen-bond donors (Lipinski definition) is 1. The predicted molar refractivity (Wildman–Crippen MR) is 82.5 cm³/mol. The Kier molecular flexibility index (Phi) is 7.37. The van der Waals surface area contributed by atoms with Gasteiger partial charge in [0.1, 0.15) is 5.75 Å². The molecule has 0 aliphatic heterocycles. The molecule has 0 aliphatic rings. The SMILES string of the molecule is CCCCCCc1cc(OC)c(CC(C)N)nc1OC. The van der Waals surface area contributed by atoms with E-state index in [4.69, 9.17) is 15.2 Å². The Bertz CT molecular complexity index is 406. The molecule has 0 saturated carbocycles.